The van der Waals surface area contributed by atoms with Gasteiger partial charge in [0.1, 0.15) is 0 Å². The van der Waals surface area contributed by atoms with Gasteiger partial charge in [-0.15, -0.1) is 0 Å². The van der Waals surface area contributed by atoms with Gasteiger partial charge in [-0.1, -0.05) is 236 Å². The maximum atomic E-state index is 2.50. The lowest BCUT2D eigenvalue weighted by Crippen LogP contribution is -2.61. The molecular weight excluding hydrogens is 1360 g/mol. The van der Waals surface area contributed by atoms with Crippen molar-refractivity contribution >= 4 is 166 Å². The number of para-hydroxylation sites is 8. The molecule has 17 aromatic carbocycles. The van der Waals surface area contributed by atoms with E-state index < -0.39 is 0 Å². The lowest BCUT2D eigenvalue weighted by molar-refractivity contribution is 1.24. The second-order valence-electron chi connectivity index (χ2n) is 29.3. The van der Waals surface area contributed by atoms with Gasteiger partial charge in [0.05, 0.1) is 0 Å². The maximum absolute atomic E-state index is 2.50. The van der Waals surface area contributed by atoms with E-state index in [4.69, 9.17) is 0 Å². The van der Waals surface area contributed by atoms with Crippen LogP contribution in [0.25, 0.3) is 22.3 Å². The topological polar surface area (TPSA) is 22.7 Å². The molecule has 0 N–H and O–H groups in total. The Balaban J connectivity index is 0.612. The molecule has 21 rings (SSSR count). The minimum atomic E-state index is -0.00956. The molecule has 0 amide bonds. The fraction of sp³-hybridized carbons (Fsp3) is 0.00971. The zero-order chi connectivity index (χ0) is 74.2. The number of anilines is 21. The van der Waals surface area contributed by atoms with Crippen molar-refractivity contribution < 1.29 is 0 Å². The summed E-state index contributed by atoms with van der Waals surface area (Å²) in [5.74, 6) is 0. The SMILES string of the molecule is Cc1ccc(N2c3cc(N(c4ccccc4)c4ccc(-c5cccc(N(c6ccccc6)c6ccc(-c7ccc(N8c9cc(N(c%10ccccc%10)c%10ccccc%10)ccc9B9c%10ccccc%10N(c%10ccccc%10)c%10cccc8c%109)cc7)cc6)c5)cc4)ccc3B3c4ccccc4N(c4ccccc4)c4cccc2c43)cc1. The molecule has 17 aromatic rings. The van der Waals surface area contributed by atoms with E-state index in [1.807, 2.05) is 0 Å². The third-order valence-corrected chi connectivity index (χ3v) is 22.8. The molecule has 4 heterocycles. The summed E-state index contributed by atoms with van der Waals surface area (Å²) < 4.78 is 0. The summed E-state index contributed by atoms with van der Waals surface area (Å²) in [7, 11) is 0. The van der Waals surface area contributed by atoms with Crippen LogP contribution in [-0.2, 0) is 0 Å². The van der Waals surface area contributed by atoms with E-state index in [2.05, 4.69) is 466 Å². The predicted molar refractivity (Wildman–Crippen MR) is 474 cm³/mol. The van der Waals surface area contributed by atoms with Gasteiger partial charge in [0.25, 0.3) is 13.4 Å². The molecule has 0 unspecified atom stereocenters. The fourth-order valence-electron chi connectivity index (χ4n) is 17.9. The van der Waals surface area contributed by atoms with E-state index in [1.165, 1.54) is 66.8 Å². The normalized spacial score (nSPS) is 12.6. The molecule has 112 heavy (non-hydrogen) atoms. The highest BCUT2D eigenvalue weighted by molar-refractivity contribution is 7.01. The Kier molecular flexibility index (Phi) is 16.2. The van der Waals surface area contributed by atoms with Crippen LogP contribution >= 0.6 is 0 Å². The van der Waals surface area contributed by atoms with Crippen LogP contribution in [0.3, 0.4) is 0 Å². The molecule has 4 aliphatic heterocycles. The van der Waals surface area contributed by atoms with Gasteiger partial charge in [-0.2, -0.15) is 0 Å². The van der Waals surface area contributed by atoms with Crippen LogP contribution in [0.2, 0.25) is 0 Å². The van der Waals surface area contributed by atoms with Crippen molar-refractivity contribution in [2.24, 2.45) is 0 Å². The molecule has 0 spiro atoms. The number of hydrogen-bond donors (Lipinski definition) is 0. The average molecular weight is 1430 g/mol. The fourth-order valence-corrected chi connectivity index (χ4v) is 17.9. The van der Waals surface area contributed by atoms with Crippen LogP contribution < -0.4 is 67.1 Å². The highest BCUT2D eigenvalue weighted by Gasteiger charge is 2.45. The third-order valence-electron chi connectivity index (χ3n) is 22.8. The van der Waals surface area contributed by atoms with Crippen molar-refractivity contribution in [3.05, 3.63) is 430 Å². The zero-order valence-electron chi connectivity index (χ0n) is 61.7. The minimum absolute atomic E-state index is 0.00406. The molecule has 0 saturated heterocycles. The first-order valence-electron chi connectivity index (χ1n) is 38.6. The van der Waals surface area contributed by atoms with Crippen LogP contribution in [0, 0.1) is 6.92 Å². The quantitative estimate of drug-likeness (QED) is 0.0942. The van der Waals surface area contributed by atoms with Crippen LogP contribution in [0.5, 0.6) is 0 Å². The molecular formula is C103H73B2N7. The molecule has 0 fully saturated rings. The summed E-state index contributed by atoms with van der Waals surface area (Å²) in [5.41, 5.74) is 37.0. The standard InChI is InChI=1S/C103H73B2N7/c1-72-49-57-85(58-50-72)111-98-47-25-45-96-102(98)104(90-41-20-22-43-94(90)109(96)81-36-16-6-17-37-81)92-68-66-89(71-100(92)111)108(80-34-14-5-15-35-80)84-61-55-75(56-62-84)76-27-24-40-87(69-76)107(79-32-12-4-13-33-79)83-59-51-73(52-60-83)74-53-63-86(64-54-74)112-99-48-26-46-97-103(99)105(91-42-21-23-44-95(91)110(97)82-38-18-7-19-39-82)93-67-65-88(70-101(93)112)106(77-28-8-2-9-29-77)78-30-10-3-11-31-78/h2-71H,1H3. The van der Waals surface area contributed by atoms with Gasteiger partial charge in [0, 0.05) is 119 Å². The van der Waals surface area contributed by atoms with E-state index in [0.717, 1.165) is 113 Å². The molecule has 9 heteroatoms. The summed E-state index contributed by atoms with van der Waals surface area (Å²) in [6.07, 6.45) is 0. The smallest absolute Gasteiger partial charge is 0.252 e. The summed E-state index contributed by atoms with van der Waals surface area (Å²) >= 11 is 0. The van der Waals surface area contributed by atoms with Crippen molar-refractivity contribution in [1.29, 1.82) is 0 Å². The minimum Gasteiger partial charge on any atom is -0.311 e. The monoisotopic (exact) mass is 1430 g/mol. The third kappa shape index (κ3) is 11.2. The number of rotatable bonds is 15. The molecule has 0 aromatic heterocycles. The summed E-state index contributed by atoms with van der Waals surface area (Å²) in [6.45, 7) is 2.16. The first-order chi connectivity index (χ1) is 55.5. The number of fused-ring (bicyclic) bond motifs is 8. The maximum Gasteiger partial charge on any atom is 0.252 e. The van der Waals surface area contributed by atoms with E-state index in [9.17, 15) is 0 Å². The van der Waals surface area contributed by atoms with Crippen LogP contribution in [0.4, 0.5) is 119 Å². The van der Waals surface area contributed by atoms with E-state index >= 15 is 0 Å². The zero-order valence-corrected chi connectivity index (χ0v) is 61.7. The van der Waals surface area contributed by atoms with Crippen molar-refractivity contribution in [1.82, 2.24) is 0 Å². The van der Waals surface area contributed by atoms with Crippen LogP contribution in [-0.4, -0.2) is 13.4 Å². The van der Waals surface area contributed by atoms with Gasteiger partial charge in [-0.05, 0) is 256 Å². The first-order valence-corrected chi connectivity index (χ1v) is 38.6. The Morgan fingerprint density at radius 2 is 0.438 bits per heavy atom. The number of aryl methyl sites for hydroxylation is 1. The van der Waals surface area contributed by atoms with Crippen molar-refractivity contribution in [3.63, 3.8) is 0 Å². The summed E-state index contributed by atoms with van der Waals surface area (Å²) in [6, 6.07) is 156. The number of hydrogen-bond acceptors (Lipinski definition) is 7. The number of benzene rings is 17. The second kappa shape index (κ2) is 27.6. The lowest BCUT2D eigenvalue weighted by Gasteiger charge is -2.44. The molecule has 4 aliphatic rings. The van der Waals surface area contributed by atoms with E-state index in [0.29, 0.717) is 0 Å². The Labute approximate surface area is 655 Å². The Morgan fingerprint density at radius 3 is 0.830 bits per heavy atom. The molecule has 0 radical (unpaired) electrons. The predicted octanol–water partition coefficient (Wildman–Crippen LogP) is 23.9. The Hall–Kier alpha value is -14.5. The van der Waals surface area contributed by atoms with Crippen LogP contribution in [0.1, 0.15) is 5.56 Å². The van der Waals surface area contributed by atoms with Gasteiger partial charge >= 0.3 is 0 Å². The Morgan fingerprint density at radius 1 is 0.179 bits per heavy atom. The van der Waals surface area contributed by atoms with Crippen molar-refractivity contribution in [2.75, 3.05) is 34.3 Å². The van der Waals surface area contributed by atoms with Gasteiger partial charge in [0.15, 0.2) is 0 Å². The second-order valence-corrected chi connectivity index (χ2v) is 29.3. The Bertz CT molecular complexity index is 6320. The molecule has 0 atom stereocenters. The van der Waals surface area contributed by atoms with Gasteiger partial charge in [-0.3, -0.25) is 0 Å². The number of nitrogens with zero attached hydrogens (tertiary/aromatic N) is 7. The largest absolute Gasteiger partial charge is 0.311 e. The average Bonchev–Trinajstić information content (AvgIpc) is 0.705. The first kappa shape index (κ1) is 65.7. The molecule has 526 valence electrons. The molecule has 0 aliphatic carbocycles. The molecule has 0 saturated carbocycles. The lowest BCUT2D eigenvalue weighted by atomic mass is 9.33. The van der Waals surface area contributed by atoms with Crippen molar-refractivity contribution in [2.45, 2.75) is 6.92 Å². The van der Waals surface area contributed by atoms with Gasteiger partial charge < -0.3 is 34.3 Å². The summed E-state index contributed by atoms with van der Waals surface area (Å²) in [4.78, 5) is 17.0. The highest BCUT2D eigenvalue weighted by atomic mass is 15.2. The van der Waals surface area contributed by atoms with E-state index in [-0.39, 0.29) is 13.4 Å². The molecule has 7 nitrogen and oxygen atoms in total. The van der Waals surface area contributed by atoms with Gasteiger partial charge in [-0.25, -0.2) is 0 Å². The van der Waals surface area contributed by atoms with Crippen LogP contribution in [0.15, 0.2) is 425 Å². The van der Waals surface area contributed by atoms with Crippen molar-refractivity contribution in [3.8, 4) is 22.3 Å². The van der Waals surface area contributed by atoms with E-state index in [1.54, 1.807) is 0 Å². The summed E-state index contributed by atoms with van der Waals surface area (Å²) in [5, 5.41) is 0. The van der Waals surface area contributed by atoms with Gasteiger partial charge in [0.2, 0.25) is 0 Å². The highest BCUT2D eigenvalue weighted by Crippen LogP contribution is 2.50. The molecule has 0 bridgehead atoms.